The van der Waals surface area contributed by atoms with Gasteiger partial charge in [-0.15, -0.1) is 0 Å². The Labute approximate surface area is 151 Å². The normalized spacial score (nSPS) is 16.3. The molecular weight excluding hydrogens is 335 g/mol. The lowest BCUT2D eigenvalue weighted by molar-refractivity contribution is 0.0857. The first kappa shape index (κ1) is 18.1. The van der Waals surface area contributed by atoms with E-state index in [9.17, 15) is 14.0 Å². The summed E-state index contributed by atoms with van der Waals surface area (Å²) < 4.78 is 19.1. The summed E-state index contributed by atoms with van der Waals surface area (Å²) in [5.74, 6) is -0.971. The lowest BCUT2D eigenvalue weighted by Crippen LogP contribution is -2.32. The molecule has 136 valence electrons. The zero-order chi connectivity index (χ0) is 18.4. The number of benzene rings is 2. The fourth-order valence-electron chi connectivity index (χ4n) is 2.83. The van der Waals surface area contributed by atoms with Crippen molar-refractivity contribution in [2.45, 2.75) is 25.5 Å². The van der Waals surface area contributed by atoms with E-state index in [1.54, 1.807) is 36.4 Å². The number of rotatable bonds is 6. The topological polar surface area (TPSA) is 67.4 Å². The summed E-state index contributed by atoms with van der Waals surface area (Å²) in [6, 6.07) is 12.7. The minimum atomic E-state index is -0.366. The van der Waals surface area contributed by atoms with Crippen molar-refractivity contribution in [3.63, 3.8) is 0 Å². The van der Waals surface area contributed by atoms with E-state index in [0.29, 0.717) is 23.2 Å². The highest BCUT2D eigenvalue weighted by atomic mass is 19.1. The van der Waals surface area contributed by atoms with Gasteiger partial charge in [-0.05, 0) is 37.1 Å². The summed E-state index contributed by atoms with van der Waals surface area (Å²) in [5, 5.41) is 5.50. The molecular formula is C20H21FN2O3. The SMILES string of the molecule is O=C(NCc1ccccc1F)c1cccc(C(=O)NCC2CCCO2)c1. The fraction of sp³-hybridized carbons (Fsp3) is 0.300. The van der Waals surface area contributed by atoms with Crippen LogP contribution in [0.4, 0.5) is 4.39 Å². The average Bonchev–Trinajstić information content (AvgIpc) is 3.19. The fourth-order valence-corrected chi connectivity index (χ4v) is 2.83. The van der Waals surface area contributed by atoms with Crippen LogP contribution in [-0.2, 0) is 11.3 Å². The van der Waals surface area contributed by atoms with Crippen molar-refractivity contribution >= 4 is 11.8 Å². The zero-order valence-electron chi connectivity index (χ0n) is 14.3. The Kier molecular flexibility index (Phi) is 5.96. The molecule has 1 heterocycles. The Hall–Kier alpha value is -2.73. The van der Waals surface area contributed by atoms with Gasteiger partial charge in [-0.25, -0.2) is 4.39 Å². The van der Waals surface area contributed by atoms with Crippen LogP contribution in [0.25, 0.3) is 0 Å². The molecule has 1 atom stereocenters. The van der Waals surface area contributed by atoms with Gasteiger partial charge in [0.05, 0.1) is 6.10 Å². The summed E-state index contributed by atoms with van der Waals surface area (Å²) in [6.07, 6.45) is 2.02. The highest BCUT2D eigenvalue weighted by molar-refractivity contribution is 5.99. The Morgan fingerprint density at radius 1 is 1.04 bits per heavy atom. The molecule has 1 unspecified atom stereocenters. The number of hydrogen-bond donors (Lipinski definition) is 2. The molecule has 5 nitrogen and oxygen atoms in total. The smallest absolute Gasteiger partial charge is 0.251 e. The van der Waals surface area contributed by atoms with Crippen molar-refractivity contribution in [3.05, 3.63) is 71.0 Å². The van der Waals surface area contributed by atoms with E-state index in [4.69, 9.17) is 4.74 Å². The molecule has 2 amide bonds. The van der Waals surface area contributed by atoms with Crippen molar-refractivity contribution < 1.29 is 18.7 Å². The first-order valence-corrected chi connectivity index (χ1v) is 8.65. The van der Waals surface area contributed by atoms with Crippen LogP contribution in [0.1, 0.15) is 39.1 Å². The number of amides is 2. The molecule has 0 bridgehead atoms. The maximum absolute atomic E-state index is 13.6. The molecule has 6 heteroatoms. The summed E-state index contributed by atoms with van der Waals surface area (Å²) in [7, 11) is 0. The molecule has 3 rings (SSSR count). The number of carbonyl (C=O) groups is 2. The molecule has 2 N–H and O–H groups in total. The van der Waals surface area contributed by atoms with Crippen LogP contribution in [0.15, 0.2) is 48.5 Å². The first-order chi connectivity index (χ1) is 12.6. The predicted molar refractivity (Wildman–Crippen MR) is 95.3 cm³/mol. The molecule has 0 saturated carbocycles. The summed E-state index contributed by atoms with van der Waals surface area (Å²) >= 11 is 0. The van der Waals surface area contributed by atoms with E-state index in [1.807, 2.05) is 0 Å². The molecule has 1 saturated heterocycles. The Morgan fingerprint density at radius 2 is 1.77 bits per heavy atom. The van der Waals surface area contributed by atoms with Gasteiger partial charge < -0.3 is 15.4 Å². The Bertz CT molecular complexity index is 788. The van der Waals surface area contributed by atoms with Crippen LogP contribution in [0.3, 0.4) is 0 Å². The lowest BCUT2D eigenvalue weighted by atomic mass is 10.1. The van der Waals surface area contributed by atoms with Crippen molar-refractivity contribution in [1.82, 2.24) is 10.6 Å². The Morgan fingerprint density at radius 3 is 2.46 bits per heavy atom. The third kappa shape index (κ3) is 4.67. The van der Waals surface area contributed by atoms with Crippen molar-refractivity contribution in [2.24, 2.45) is 0 Å². The minimum absolute atomic E-state index is 0.0613. The number of hydrogen-bond acceptors (Lipinski definition) is 3. The second-order valence-electron chi connectivity index (χ2n) is 6.20. The van der Waals surface area contributed by atoms with Crippen LogP contribution < -0.4 is 10.6 Å². The quantitative estimate of drug-likeness (QED) is 0.836. The van der Waals surface area contributed by atoms with E-state index >= 15 is 0 Å². The number of nitrogens with one attached hydrogen (secondary N) is 2. The summed E-state index contributed by atoms with van der Waals surface area (Å²) in [5.41, 5.74) is 1.17. The van der Waals surface area contributed by atoms with E-state index in [2.05, 4.69) is 10.6 Å². The number of carbonyl (C=O) groups excluding carboxylic acids is 2. The molecule has 2 aromatic rings. The van der Waals surface area contributed by atoms with Crippen molar-refractivity contribution in [3.8, 4) is 0 Å². The second kappa shape index (κ2) is 8.58. The number of ether oxygens (including phenoxy) is 1. The third-order valence-electron chi connectivity index (χ3n) is 4.30. The minimum Gasteiger partial charge on any atom is -0.376 e. The van der Waals surface area contributed by atoms with Crippen LogP contribution in [0.2, 0.25) is 0 Å². The molecule has 0 radical (unpaired) electrons. The van der Waals surface area contributed by atoms with Crippen molar-refractivity contribution in [1.29, 1.82) is 0 Å². The van der Waals surface area contributed by atoms with Gasteiger partial charge in [-0.1, -0.05) is 24.3 Å². The predicted octanol–water partition coefficient (Wildman–Crippen LogP) is 2.66. The van der Waals surface area contributed by atoms with Crippen LogP contribution >= 0.6 is 0 Å². The van der Waals surface area contributed by atoms with Gasteiger partial charge >= 0.3 is 0 Å². The van der Waals surface area contributed by atoms with E-state index < -0.39 is 0 Å². The largest absolute Gasteiger partial charge is 0.376 e. The maximum atomic E-state index is 13.6. The molecule has 26 heavy (non-hydrogen) atoms. The number of halogens is 1. The second-order valence-corrected chi connectivity index (χ2v) is 6.20. The van der Waals surface area contributed by atoms with Crippen LogP contribution in [-0.4, -0.2) is 31.1 Å². The van der Waals surface area contributed by atoms with E-state index in [1.165, 1.54) is 12.1 Å². The van der Waals surface area contributed by atoms with Crippen LogP contribution in [0.5, 0.6) is 0 Å². The van der Waals surface area contributed by atoms with E-state index in [0.717, 1.165) is 19.4 Å². The van der Waals surface area contributed by atoms with Crippen LogP contribution in [0, 0.1) is 5.82 Å². The lowest BCUT2D eigenvalue weighted by Gasteiger charge is -2.11. The molecule has 0 aromatic heterocycles. The molecule has 1 fully saturated rings. The van der Waals surface area contributed by atoms with E-state index in [-0.39, 0.29) is 30.3 Å². The maximum Gasteiger partial charge on any atom is 0.251 e. The average molecular weight is 356 g/mol. The van der Waals surface area contributed by atoms with Gasteiger partial charge in [0.1, 0.15) is 5.82 Å². The molecule has 2 aromatic carbocycles. The molecule has 1 aliphatic rings. The monoisotopic (exact) mass is 356 g/mol. The molecule has 0 spiro atoms. The molecule has 1 aliphatic heterocycles. The first-order valence-electron chi connectivity index (χ1n) is 8.65. The van der Waals surface area contributed by atoms with Gasteiger partial charge in [0.2, 0.25) is 0 Å². The van der Waals surface area contributed by atoms with Gasteiger partial charge in [0, 0.05) is 36.4 Å². The standard InChI is InChI=1S/C20H21FN2O3/c21-18-9-2-1-5-16(18)12-22-19(24)14-6-3-7-15(11-14)20(25)23-13-17-8-4-10-26-17/h1-3,5-7,9,11,17H,4,8,10,12-13H2,(H,22,24)(H,23,25). The third-order valence-corrected chi connectivity index (χ3v) is 4.30. The zero-order valence-corrected chi connectivity index (χ0v) is 14.3. The van der Waals surface area contributed by atoms with Gasteiger partial charge in [-0.2, -0.15) is 0 Å². The molecule has 0 aliphatic carbocycles. The van der Waals surface area contributed by atoms with Gasteiger partial charge in [-0.3, -0.25) is 9.59 Å². The highest BCUT2D eigenvalue weighted by Crippen LogP contribution is 2.12. The van der Waals surface area contributed by atoms with Gasteiger partial charge in [0.25, 0.3) is 11.8 Å². The summed E-state index contributed by atoms with van der Waals surface area (Å²) in [6.45, 7) is 1.28. The summed E-state index contributed by atoms with van der Waals surface area (Å²) in [4.78, 5) is 24.5. The highest BCUT2D eigenvalue weighted by Gasteiger charge is 2.17. The van der Waals surface area contributed by atoms with Gasteiger partial charge in [0.15, 0.2) is 0 Å². The van der Waals surface area contributed by atoms with Crippen molar-refractivity contribution in [2.75, 3.05) is 13.2 Å². The Balaban J connectivity index is 1.58.